The molecule has 188 valence electrons. The van der Waals surface area contributed by atoms with E-state index in [0.29, 0.717) is 29.9 Å². The van der Waals surface area contributed by atoms with Crippen LogP contribution in [-0.4, -0.2) is 42.6 Å². The molecule has 4 aliphatic heterocycles. The maximum Gasteiger partial charge on any atom is 0.347 e. The van der Waals surface area contributed by atoms with E-state index in [2.05, 4.69) is 13.8 Å². The first kappa shape index (κ1) is 23.9. The minimum absolute atomic E-state index is 0.0592. The molecule has 1 aromatic rings. The zero-order valence-electron chi connectivity index (χ0n) is 20.7. The average molecular weight is 477 g/mol. The highest BCUT2D eigenvalue weighted by Crippen LogP contribution is 2.60. The Morgan fingerprint density at radius 2 is 1.94 bits per heavy atom. The van der Waals surface area contributed by atoms with Gasteiger partial charge in [-0.3, -0.25) is 0 Å². The van der Waals surface area contributed by atoms with Crippen molar-refractivity contribution in [1.29, 1.82) is 0 Å². The molecule has 2 bridgehead atoms. The van der Waals surface area contributed by atoms with E-state index in [1.807, 2.05) is 19.1 Å². The standard InChI is InChI=1S/C26H36O8/c1-6-28-22(27)17(4)29-18-8-7-9-19(14-18)30-23-16(3)21-11-10-15(2)20-12-13-25(5)32-24(31-23)26(20,21)34-33-25/h7-9,14-17,20-21,23-24H,6,10-13H2,1-5H3/t15-,16-,17?,20+,21+,23-,24-,25-,26-/m1/s1. The molecule has 8 nitrogen and oxygen atoms in total. The predicted octanol–water partition coefficient (Wildman–Crippen LogP) is 4.60. The third kappa shape index (κ3) is 3.98. The van der Waals surface area contributed by atoms with Gasteiger partial charge in [-0.05, 0) is 64.0 Å². The van der Waals surface area contributed by atoms with E-state index < -0.39 is 36.0 Å². The molecule has 0 amide bonds. The molecule has 1 saturated carbocycles. The Morgan fingerprint density at radius 3 is 2.74 bits per heavy atom. The van der Waals surface area contributed by atoms with Crippen molar-refractivity contribution < 1.29 is 38.3 Å². The smallest absolute Gasteiger partial charge is 0.347 e. The molecule has 9 atom stereocenters. The van der Waals surface area contributed by atoms with Crippen molar-refractivity contribution >= 4 is 5.97 Å². The van der Waals surface area contributed by atoms with Gasteiger partial charge in [0.05, 0.1) is 6.61 Å². The molecule has 34 heavy (non-hydrogen) atoms. The fourth-order valence-electron chi connectivity index (χ4n) is 6.27. The van der Waals surface area contributed by atoms with E-state index >= 15 is 0 Å². The summed E-state index contributed by atoms with van der Waals surface area (Å²) in [7, 11) is 0. The molecule has 0 N–H and O–H groups in total. The second-order valence-corrected chi connectivity index (χ2v) is 10.4. The van der Waals surface area contributed by atoms with Gasteiger partial charge in [0.15, 0.2) is 18.0 Å². The Bertz CT molecular complexity index is 907. The summed E-state index contributed by atoms with van der Waals surface area (Å²) in [5, 5.41) is 0. The lowest BCUT2D eigenvalue weighted by molar-refractivity contribution is -0.575. The first-order valence-corrected chi connectivity index (χ1v) is 12.6. The van der Waals surface area contributed by atoms with Gasteiger partial charge >= 0.3 is 5.97 Å². The highest BCUT2D eigenvalue weighted by molar-refractivity contribution is 5.74. The summed E-state index contributed by atoms with van der Waals surface area (Å²) in [4.78, 5) is 24.0. The zero-order valence-corrected chi connectivity index (χ0v) is 20.7. The highest BCUT2D eigenvalue weighted by atomic mass is 17.3. The van der Waals surface area contributed by atoms with E-state index in [4.69, 9.17) is 33.5 Å². The lowest BCUT2D eigenvalue weighted by Gasteiger charge is -2.60. The van der Waals surface area contributed by atoms with Crippen LogP contribution in [0.4, 0.5) is 0 Å². The summed E-state index contributed by atoms with van der Waals surface area (Å²) >= 11 is 0. The summed E-state index contributed by atoms with van der Waals surface area (Å²) in [6.45, 7) is 10.1. The van der Waals surface area contributed by atoms with Crippen molar-refractivity contribution in [1.82, 2.24) is 0 Å². The maximum atomic E-state index is 11.9. The SMILES string of the molecule is CCOC(=O)C(C)Oc1cccc(O[C@@H]2O[C@@H]3O[C@@]4(C)CC[C@H]5[C@H](C)CC[C@@H]([C@H]2C)[C@@]35OO4)c1. The fraction of sp³-hybridized carbons (Fsp3) is 0.731. The summed E-state index contributed by atoms with van der Waals surface area (Å²) < 4.78 is 30.0. The molecular formula is C26H36O8. The summed E-state index contributed by atoms with van der Waals surface area (Å²) in [6, 6.07) is 7.24. The number of hydrogen-bond acceptors (Lipinski definition) is 8. The predicted molar refractivity (Wildman–Crippen MR) is 121 cm³/mol. The number of benzene rings is 1. The number of esters is 1. The molecule has 0 radical (unpaired) electrons. The first-order chi connectivity index (χ1) is 16.3. The van der Waals surface area contributed by atoms with Crippen LogP contribution in [0.2, 0.25) is 0 Å². The molecule has 4 heterocycles. The molecular weight excluding hydrogens is 440 g/mol. The number of rotatable bonds is 6. The molecule has 5 fully saturated rings. The molecule has 8 heteroatoms. The lowest BCUT2D eigenvalue weighted by atomic mass is 9.58. The summed E-state index contributed by atoms with van der Waals surface area (Å²) in [5.74, 6) is 0.968. The van der Waals surface area contributed by atoms with Gasteiger partial charge in [0.2, 0.25) is 12.1 Å². The van der Waals surface area contributed by atoms with E-state index in [9.17, 15) is 4.79 Å². The molecule has 1 aromatic carbocycles. The fourth-order valence-corrected chi connectivity index (χ4v) is 6.27. The quantitative estimate of drug-likeness (QED) is 0.435. The molecule has 1 unspecified atom stereocenters. The van der Waals surface area contributed by atoms with Crippen molar-refractivity contribution in [3.8, 4) is 11.5 Å². The van der Waals surface area contributed by atoms with Crippen LogP contribution >= 0.6 is 0 Å². The van der Waals surface area contributed by atoms with Crippen LogP contribution in [0, 0.1) is 23.7 Å². The topological polar surface area (TPSA) is 81.7 Å². The lowest BCUT2D eigenvalue weighted by Crippen LogP contribution is -2.70. The van der Waals surface area contributed by atoms with Gasteiger partial charge in [-0.1, -0.05) is 19.9 Å². The number of ether oxygens (including phenoxy) is 5. The summed E-state index contributed by atoms with van der Waals surface area (Å²) in [5.41, 5.74) is -0.618. The van der Waals surface area contributed by atoms with Crippen LogP contribution < -0.4 is 9.47 Å². The Morgan fingerprint density at radius 1 is 1.15 bits per heavy atom. The van der Waals surface area contributed by atoms with Gasteiger partial charge in [-0.2, -0.15) is 0 Å². The van der Waals surface area contributed by atoms with Gasteiger partial charge < -0.3 is 23.7 Å². The van der Waals surface area contributed by atoms with Crippen molar-refractivity contribution in [3.63, 3.8) is 0 Å². The number of carbonyl (C=O) groups is 1. The third-order valence-corrected chi connectivity index (χ3v) is 8.09. The Balaban J connectivity index is 1.35. The normalized spacial score (nSPS) is 41.7. The van der Waals surface area contributed by atoms with Crippen molar-refractivity contribution in [3.05, 3.63) is 24.3 Å². The largest absolute Gasteiger partial charge is 0.479 e. The number of fused-ring (bicyclic) bond motifs is 2. The van der Waals surface area contributed by atoms with Crippen molar-refractivity contribution in [2.75, 3.05) is 6.61 Å². The van der Waals surface area contributed by atoms with E-state index in [1.54, 1.807) is 26.0 Å². The molecule has 1 aliphatic carbocycles. The van der Waals surface area contributed by atoms with Gasteiger partial charge in [-0.15, -0.1) is 0 Å². The number of hydrogen-bond donors (Lipinski definition) is 0. The molecule has 1 spiro atoms. The second-order valence-electron chi connectivity index (χ2n) is 10.4. The second kappa shape index (κ2) is 8.97. The third-order valence-electron chi connectivity index (χ3n) is 8.09. The van der Waals surface area contributed by atoms with Gasteiger partial charge in [0.1, 0.15) is 11.5 Å². The van der Waals surface area contributed by atoms with E-state index in [1.165, 1.54) is 0 Å². The molecule has 0 aromatic heterocycles. The van der Waals surface area contributed by atoms with E-state index in [-0.39, 0.29) is 11.8 Å². The zero-order chi connectivity index (χ0) is 24.1. The first-order valence-electron chi connectivity index (χ1n) is 12.6. The Labute approximate surface area is 201 Å². The van der Waals surface area contributed by atoms with Crippen LogP contribution in [0.3, 0.4) is 0 Å². The maximum absolute atomic E-state index is 11.9. The monoisotopic (exact) mass is 476 g/mol. The van der Waals surface area contributed by atoms with Crippen LogP contribution in [0.5, 0.6) is 11.5 Å². The van der Waals surface area contributed by atoms with Crippen LogP contribution in [0.15, 0.2) is 24.3 Å². The van der Waals surface area contributed by atoms with Crippen molar-refractivity contribution in [2.45, 2.75) is 90.4 Å². The van der Waals surface area contributed by atoms with Gasteiger partial charge in [-0.25, -0.2) is 14.6 Å². The Hall–Kier alpha value is -1.87. The van der Waals surface area contributed by atoms with E-state index in [0.717, 1.165) is 25.7 Å². The molecule has 4 saturated heterocycles. The van der Waals surface area contributed by atoms with Crippen LogP contribution in [-0.2, 0) is 28.8 Å². The van der Waals surface area contributed by atoms with Gasteiger partial charge in [0, 0.05) is 24.3 Å². The van der Waals surface area contributed by atoms with Gasteiger partial charge in [0.25, 0.3) is 0 Å². The molecule has 6 rings (SSSR count). The van der Waals surface area contributed by atoms with Crippen LogP contribution in [0.1, 0.15) is 60.3 Å². The van der Waals surface area contributed by atoms with Crippen molar-refractivity contribution in [2.24, 2.45) is 23.7 Å². The number of carbonyl (C=O) groups excluding carboxylic acids is 1. The van der Waals surface area contributed by atoms with Crippen LogP contribution in [0.25, 0.3) is 0 Å². The minimum Gasteiger partial charge on any atom is -0.479 e. The summed E-state index contributed by atoms with van der Waals surface area (Å²) in [6.07, 6.45) is 2.11. The minimum atomic E-state index is -0.820. The Kier molecular flexibility index (Phi) is 6.29. The highest BCUT2D eigenvalue weighted by Gasteiger charge is 2.69. The molecule has 5 aliphatic rings. The average Bonchev–Trinajstić information content (AvgIpc) is 3.03.